The first-order chi connectivity index (χ1) is 17.6. The fraction of sp³-hybridized carbons (Fsp3) is 0.192. The summed E-state index contributed by atoms with van der Waals surface area (Å²) in [4.78, 5) is 28.8. The molecule has 37 heavy (non-hydrogen) atoms. The summed E-state index contributed by atoms with van der Waals surface area (Å²) >= 11 is 1.34. The van der Waals surface area contributed by atoms with Crippen LogP contribution in [-0.2, 0) is 16.0 Å². The number of ether oxygens (including phenoxy) is 1. The number of rotatable bonds is 7. The van der Waals surface area contributed by atoms with Gasteiger partial charge in [-0.15, -0.1) is 13.2 Å². The Morgan fingerprint density at radius 3 is 2.49 bits per heavy atom. The summed E-state index contributed by atoms with van der Waals surface area (Å²) in [7, 11) is 0. The predicted octanol–water partition coefficient (Wildman–Crippen LogP) is 6.53. The molecule has 0 aliphatic heterocycles. The molecule has 4 aromatic rings. The van der Waals surface area contributed by atoms with Crippen LogP contribution < -0.4 is 15.4 Å². The molecule has 1 heterocycles. The second kappa shape index (κ2) is 9.81. The Kier molecular flexibility index (Phi) is 6.55. The quantitative estimate of drug-likeness (QED) is 0.267. The summed E-state index contributed by atoms with van der Waals surface area (Å²) in [5.41, 5.74) is 2.25. The molecule has 1 aromatic heterocycles. The van der Waals surface area contributed by atoms with Gasteiger partial charge >= 0.3 is 6.36 Å². The van der Waals surface area contributed by atoms with Gasteiger partial charge in [-0.25, -0.2) is 9.37 Å². The van der Waals surface area contributed by atoms with Gasteiger partial charge < -0.3 is 15.4 Å². The normalized spacial score (nSPS) is 13.4. The zero-order valence-electron chi connectivity index (χ0n) is 19.1. The maximum Gasteiger partial charge on any atom is 0.573 e. The number of fused-ring (bicyclic) bond motifs is 1. The van der Waals surface area contributed by atoms with Gasteiger partial charge in [0.25, 0.3) is 0 Å². The summed E-state index contributed by atoms with van der Waals surface area (Å²) in [5, 5.41) is 5.79. The number of alkyl halides is 3. The van der Waals surface area contributed by atoms with Gasteiger partial charge in [0, 0.05) is 5.92 Å². The van der Waals surface area contributed by atoms with E-state index in [4.69, 9.17) is 0 Å². The molecule has 2 amide bonds. The van der Waals surface area contributed by atoms with Crippen molar-refractivity contribution in [2.45, 2.75) is 25.6 Å². The number of hydrogen-bond donors (Lipinski definition) is 2. The third-order valence-corrected chi connectivity index (χ3v) is 6.57. The maximum atomic E-state index is 14.8. The van der Waals surface area contributed by atoms with Gasteiger partial charge in [0.1, 0.15) is 11.6 Å². The summed E-state index contributed by atoms with van der Waals surface area (Å²) in [5.74, 6) is -1.66. The highest BCUT2D eigenvalue weighted by molar-refractivity contribution is 7.22. The minimum Gasteiger partial charge on any atom is -0.406 e. The number of nitrogens with one attached hydrogen (secondary N) is 2. The summed E-state index contributed by atoms with van der Waals surface area (Å²) in [6.45, 7) is 0. The number of carbonyl (C=O) groups excluding carboxylic acids is 2. The van der Waals surface area contributed by atoms with Gasteiger partial charge in [-0.05, 0) is 65.9 Å². The molecule has 0 atom stereocenters. The van der Waals surface area contributed by atoms with E-state index in [0.717, 1.165) is 35.2 Å². The average molecular weight is 530 g/mol. The molecule has 5 rings (SSSR count). The molecule has 0 radical (unpaired) electrons. The van der Waals surface area contributed by atoms with E-state index in [1.165, 1.54) is 35.6 Å². The van der Waals surface area contributed by atoms with Crippen LogP contribution >= 0.6 is 11.3 Å². The lowest BCUT2D eigenvalue weighted by Gasteiger charge is -2.11. The first-order valence-corrected chi connectivity index (χ1v) is 12.1. The third kappa shape index (κ3) is 6.23. The molecule has 2 N–H and O–H groups in total. The van der Waals surface area contributed by atoms with Gasteiger partial charge in [-0.3, -0.25) is 9.59 Å². The average Bonchev–Trinajstić information content (AvgIpc) is 3.59. The van der Waals surface area contributed by atoms with Crippen molar-refractivity contribution in [2.24, 2.45) is 5.92 Å². The first kappa shape index (κ1) is 24.7. The van der Waals surface area contributed by atoms with Gasteiger partial charge in [-0.1, -0.05) is 35.6 Å². The number of nitrogens with zero attached hydrogens (tertiary/aromatic N) is 1. The molecule has 0 spiro atoms. The van der Waals surface area contributed by atoms with E-state index >= 15 is 0 Å². The van der Waals surface area contributed by atoms with Crippen LogP contribution in [0.1, 0.15) is 18.4 Å². The van der Waals surface area contributed by atoms with Crippen LogP contribution in [0, 0.1) is 11.7 Å². The number of anilines is 2. The van der Waals surface area contributed by atoms with Crippen molar-refractivity contribution in [1.29, 1.82) is 0 Å². The van der Waals surface area contributed by atoms with E-state index in [1.807, 2.05) is 6.07 Å². The van der Waals surface area contributed by atoms with Crippen LogP contribution in [0.5, 0.6) is 5.75 Å². The second-order valence-corrected chi connectivity index (χ2v) is 9.61. The van der Waals surface area contributed by atoms with Crippen LogP contribution in [0.2, 0.25) is 0 Å². The molecular weight excluding hydrogens is 510 g/mol. The summed E-state index contributed by atoms with van der Waals surface area (Å²) < 4.78 is 56.7. The number of carbonyl (C=O) groups is 2. The molecule has 6 nitrogen and oxygen atoms in total. The molecule has 0 bridgehead atoms. The van der Waals surface area contributed by atoms with E-state index < -0.39 is 23.8 Å². The highest BCUT2D eigenvalue weighted by Crippen LogP contribution is 2.34. The lowest BCUT2D eigenvalue weighted by Crippen LogP contribution is -2.18. The van der Waals surface area contributed by atoms with Crippen molar-refractivity contribution in [1.82, 2.24) is 4.98 Å². The van der Waals surface area contributed by atoms with Crippen molar-refractivity contribution in [2.75, 3.05) is 10.6 Å². The summed E-state index contributed by atoms with van der Waals surface area (Å²) in [6.07, 6.45) is -3.32. The fourth-order valence-corrected chi connectivity index (χ4v) is 4.65. The molecule has 1 aliphatic carbocycles. The van der Waals surface area contributed by atoms with Crippen molar-refractivity contribution < 1.29 is 31.9 Å². The van der Waals surface area contributed by atoms with E-state index in [9.17, 15) is 27.2 Å². The Morgan fingerprint density at radius 1 is 1.00 bits per heavy atom. The Balaban J connectivity index is 1.26. The molecule has 3 aromatic carbocycles. The third-order valence-electron chi connectivity index (χ3n) is 5.64. The highest BCUT2D eigenvalue weighted by atomic mass is 32.1. The molecule has 11 heteroatoms. The lowest BCUT2D eigenvalue weighted by atomic mass is 10.0. The molecule has 1 aliphatic rings. The van der Waals surface area contributed by atoms with Gasteiger partial charge in [0.2, 0.25) is 11.8 Å². The van der Waals surface area contributed by atoms with Crippen molar-refractivity contribution in [3.63, 3.8) is 0 Å². The van der Waals surface area contributed by atoms with Crippen LogP contribution in [0.3, 0.4) is 0 Å². The zero-order valence-corrected chi connectivity index (χ0v) is 19.9. The Morgan fingerprint density at radius 2 is 1.76 bits per heavy atom. The van der Waals surface area contributed by atoms with E-state index in [1.54, 1.807) is 18.2 Å². The number of thiazole rings is 1. The molecule has 190 valence electrons. The minimum atomic E-state index is -4.84. The second-order valence-electron chi connectivity index (χ2n) is 8.58. The largest absolute Gasteiger partial charge is 0.573 e. The van der Waals surface area contributed by atoms with E-state index in [0.29, 0.717) is 16.2 Å². The number of aromatic nitrogens is 1. The topological polar surface area (TPSA) is 80.3 Å². The summed E-state index contributed by atoms with van der Waals surface area (Å²) in [6, 6.07) is 14.8. The molecule has 1 fully saturated rings. The van der Waals surface area contributed by atoms with E-state index in [-0.39, 0.29) is 29.5 Å². The number of benzene rings is 3. The first-order valence-electron chi connectivity index (χ1n) is 11.3. The zero-order chi connectivity index (χ0) is 26.2. The standard InChI is InChI=1S/C26H19F4N3O3S/c27-19-12-16(17-7-9-21-22(13-17)37-25(32-21)33-24(35)15-4-5-15)6-8-20(19)31-23(34)11-14-2-1-3-18(10-14)36-26(28,29)30/h1-3,6-10,12-13,15H,4-5,11H2,(H,31,34)(H,32,33,35). The maximum absolute atomic E-state index is 14.8. The van der Waals surface area contributed by atoms with Crippen LogP contribution in [0.4, 0.5) is 28.4 Å². The highest BCUT2D eigenvalue weighted by Gasteiger charge is 2.31. The SMILES string of the molecule is O=C(Cc1cccc(OC(F)(F)F)c1)Nc1ccc(-c2ccc3nc(NC(=O)C4CC4)sc3c2)cc1F. The molecule has 1 saturated carbocycles. The van der Waals surface area contributed by atoms with E-state index in [2.05, 4.69) is 20.4 Å². The van der Waals surface area contributed by atoms with Crippen LogP contribution in [0.25, 0.3) is 21.3 Å². The fourth-order valence-electron chi connectivity index (χ4n) is 3.74. The molecular formula is C26H19F4N3O3S. The Hall–Kier alpha value is -3.99. The molecule has 0 saturated heterocycles. The van der Waals surface area contributed by atoms with Gasteiger partial charge in [-0.2, -0.15) is 0 Å². The monoisotopic (exact) mass is 529 g/mol. The number of amides is 2. The lowest BCUT2D eigenvalue weighted by molar-refractivity contribution is -0.274. The Labute approximate surface area is 212 Å². The van der Waals surface area contributed by atoms with Crippen LogP contribution in [-0.4, -0.2) is 23.2 Å². The van der Waals surface area contributed by atoms with Crippen LogP contribution in [0.15, 0.2) is 60.7 Å². The minimum absolute atomic E-state index is 0.0265. The van der Waals surface area contributed by atoms with Crippen molar-refractivity contribution in [3.05, 3.63) is 72.0 Å². The molecule has 0 unspecified atom stereocenters. The van der Waals surface area contributed by atoms with Crippen molar-refractivity contribution >= 4 is 44.2 Å². The number of halogens is 4. The van der Waals surface area contributed by atoms with Crippen molar-refractivity contribution in [3.8, 4) is 16.9 Å². The predicted molar refractivity (Wildman–Crippen MR) is 132 cm³/mol. The number of hydrogen-bond acceptors (Lipinski definition) is 5. The van der Waals surface area contributed by atoms with Gasteiger partial charge in [0.05, 0.1) is 22.3 Å². The Bertz CT molecular complexity index is 1500. The van der Waals surface area contributed by atoms with Gasteiger partial charge in [0.15, 0.2) is 5.13 Å². The smallest absolute Gasteiger partial charge is 0.406 e.